The number of benzene rings is 4. The van der Waals surface area contributed by atoms with Crippen LogP contribution in [0.25, 0.3) is 0 Å². The Balaban J connectivity index is 0.00000137. The minimum Gasteiger partial charge on any atom is -0.722 e. The molecule has 0 radical (unpaired) electrons. The molecule has 0 aliphatic carbocycles. The summed E-state index contributed by atoms with van der Waals surface area (Å²) in [6, 6.07) is 29.8. The van der Waals surface area contributed by atoms with Gasteiger partial charge in [-0.2, -0.15) is 0 Å². The Morgan fingerprint density at radius 1 is 0.238 bits per heavy atom. The zero-order valence-electron chi connectivity index (χ0n) is 67.7. The Morgan fingerprint density at radius 3 is 0.514 bits per heavy atom. The fraction of sp³-hybridized carbons (Fsp3) is 0.714. The summed E-state index contributed by atoms with van der Waals surface area (Å²) in [5, 5.41) is 46.9. The summed E-state index contributed by atoms with van der Waals surface area (Å²) in [4.78, 5) is 18.7. The molecule has 0 N–H and O–H groups in total. The predicted octanol–water partition coefficient (Wildman–Crippen LogP) is 17.3. The Hall–Kier alpha value is -3.68. The third-order valence-electron chi connectivity index (χ3n) is 17.3. The van der Waals surface area contributed by atoms with Crippen molar-refractivity contribution in [3.8, 4) is 23.0 Å². The molecule has 0 aromatic heterocycles. The molecule has 600 valence electrons. The maximum Gasteiger partial charge on any atom is 4.00 e. The Labute approximate surface area is 653 Å². The Bertz CT molecular complexity index is 2240. The first-order chi connectivity index (χ1) is 50.5. The molecule has 0 saturated carbocycles. The van der Waals surface area contributed by atoms with Gasteiger partial charge in [0.05, 0.1) is 26.4 Å². The molecule has 4 aromatic rings. The summed E-state index contributed by atoms with van der Waals surface area (Å²) in [7, 11) is 0. The molecule has 0 fully saturated rings. The van der Waals surface area contributed by atoms with Crippen LogP contribution in [-0.2, 0) is 106 Å². The largest absolute Gasteiger partial charge is 4.00 e. The summed E-state index contributed by atoms with van der Waals surface area (Å²) in [5.74, 6) is 2.89. The van der Waals surface area contributed by atoms with Crippen LogP contribution in [0.1, 0.15) is 287 Å². The maximum atomic E-state index is 11.7. The topological polar surface area (TPSA) is 240 Å². The quantitative estimate of drug-likeness (QED) is 0.0173. The minimum absolute atomic E-state index is 0. The molecular formula is C84H140O20Zr. The summed E-state index contributed by atoms with van der Waals surface area (Å²) >= 11 is 0. The van der Waals surface area contributed by atoms with E-state index in [1.807, 2.05) is 97.1 Å². The summed E-state index contributed by atoms with van der Waals surface area (Å²) in [6.45, 7) is 38.9. The van der Waals surface area contributed by atoms with E-state index >= 15 is 0 Å². The third-order valence-corrected chi connectivity index (χ3v) is 17.3. The van der Waals surface area contributed by atoms with Crippen molar-refractivity contribution in [3.05, 3.63) is 119 Å². The SMILES string of the molecule is CCCCOc1cccc(C(C)(O[O-])C(OCCCC)OCCCC)c1.CCCCOc1cccc(C(C)(O[O-])C(OCCCC)OCCCC)c1.CCCCOc1cccc(C(C)(O[O-])C(OCCCC)OCCCC)c1.CCCCOc1cccc(C(C)(O[O-])C(OCCCC)OCCCC)c1.[Zr+4]. The fourth-order valence-electron chi connectivity index (χ4n) is 9.95. The second kappa shape index (κ2) is 64.0. The van der Waals surface area contributed by atoms with Crippen LogP contribution in [-0.4, -0.2) is 104 Å². The van der Waals surface area contributed by atoms with E-state index in [9.17, 15) is 21.0 Å². The first-order valence-electron chi connectivity index (χ1n) is 39.6. The smallest absolute Gasteiger partial charge is 0.722 e. The van der Waals surface area contributed by atoms with Crippen LogP contribution in [0.5, 0.6) is 23.0 Å². The standard InChI is InChI=1S/4C21H36O5.Zr/c4*1-5-8-14-23-19-13-11-12-18(17-19)21(4,26-22)20(24-15-9-6-2)25-16-10-7-3;/h4*11-13,17,20,22H,5-10,14-16H2,1-4H3;/q;;;;+4/p-4. The molecule has 4 unspecified atom stereocenters. The van der Waals surface area contributed by atoms with Crippen LogP contribution in [0.2, 0.25) is 0 Å². The van der Waals surface area contributed by atoms with Gasteiger partial charge in [-0.1, -0.05) is 209 Å². The van der Waals surface area contributed by atoms with Gasteiger partial charge in [0, 0.05) is 52.9 Å². The van der Waals surface area contributed by atoms with Crippen molar-refractivity contribution in [2.75, 3.05) is 79.3 Å². The molecule has 0 spiro atoms. The fourth-order valence-corrected chi connectivity index (χ4v) is 9.95. The molecule has 0 heterocycles. The van der Waals surface area contributed by atoms with E-state index in [4.69, 9.17) is 56.8 Å². The average molecular weight is 1560 g/mol. The first kappa shape index (κ1) is 101. The molecule has 0 amide bonds. The monoisotopic (exact) mass is 1560 g/mol. The van der Waals surface area contributed by atoms with Gasteiger partial charge in [0.25, 0.3) is 0 Å². The van der Waals surface area contributed by atoms with E-state index in [0.717, 1.165) is 177 Å². The van der Waals surface area contributed by atoms with Crippen molar-refractivity contribution in [3.63, 3.8) is 0 Å². The third kappa shape index (κ3) is 39.7. The van der Waals surface area contributed by atoms with Gasteiger partial charge in [-0.15, -0.1) is 0 Å². The van der Waals surface area contributed by atoms with E-state index < -0.39 is 47.6 Å². The molecule has 4 rings (SSSR count). The molecule has 0 bridgehead atoms. The van der Waals surface area contributed by atoms with Crippen molar-refractivity contribution >= 4 is 0 Å². The van der Waals surface area contributed by atoms with E-state index in [2.05, 4.69) is 103 Å². The molecule has 4 aromatic carbocycles. The van der Waals surface area contributed by atoms with Crippen LogP contribution >= 0.6 is 0 Å². The molecular weight excluding hydrogens is 1420 g/mol. The van der Waals surface area contributed by atoms with Gasteiger partial charge in [-0.05, 0) is 176 Å². The van der Waals surface area contributed by atoms with Gasteiger partial charge in [-0.25, -0.2) is 0 Å². The van der Waals surface area contributed by atoms with E-state index in [1.54, 1.807) is 27.7 Å². The van der Waals surface area contributed by atoms with E-state index in [1.165, 1.54) is 0 Å². The minimum atomic E-state index is -1.24. The molecule has 0 aliphatic heterocycles. The second-order valence-electron chi connectivity index (χ2n) is 26.8. The maximum absolute atomic E-state index is 11.7. The van der Waals surface area contributed by atoms with E-state index in [-0.39, 0.29) is 26.2 Å². The van der Waals surface area contributed by atoms with Crippen LogP contribution in [0.3, 0.4) is 0 Å². The summed E-state index contributed by atoms with van der Waals surface area (Å²) < 4.78 is 70.2. The van der Waals surface area contributed by atoms with Crippen molar-refractivity contribution in [1.29, 1.82) is 0 Å². The van der Waals surface area contributed by atoms with Gasteiger partial charge in [0.15, 0.2) is 25.2 Å². The number of hydrogen-bond acceptors (Lipinski definition) is 20. The Kier molecular flexibility index (Phi) is 61.8. The van der Waals surface area contributed by atoms with Crippen molar-refractivity contribution in [1.82, 2.24) is 0 Å². The second-order valence-corrected chi connectivity index (χ2v) is 26.8. The van der Waals surface area contributed by atoms with Gasteiger partial charge in [0.2, 0.25) is 0 Å². The van der Waals surface area contributed by atoms with Crippen LogP contribution < -0.4 is 40.0 Å². The first-order valence-corrected chi connectivity index (χ1v) is 39.6. The molecule has 0 saturated heterocycles. The van der Waals surface area contributed by atoms with Crippen molar-refractivity contribution in [2.24, 2.45) is 0 Å². The number of hydrogen-bond donors (Lipinski definition) is 0. The van der Waals surface area contributed by atoms with Crippen molar-refractivity contribution in [2.45, 2.75) is 312 Å². The Morgan fingerprint density at radius 2 is 0.381 bits per heavy atom. The molecule has 21 heteroatoms. The van der Waals surface area contributed by atoms with Gasteiger partial charge in [-0.3, -0.25) is 0 Å². The summed E-state index contributed by atoms with van der Waals surface area (Å²) in [6.07, 6.45) is 20.5. The van der Waals surface area contributed by atoms with Crippen LogP contribution in [0.15, 0.2) is 97.1 Å². The number of unbranched alkanes of at least 4 members (excludes halogenated alkanes) is 12. The molecule has 20 nitrogen and oxygen atoms in total. The zero-order valence-corrected chi connectivity index (χ0v) is 70.1. The normalized spacial score (nSPS) is 13.6. The van der Waals surface area contributed by atoms with Crippen LogP contribution in [0.4, 0.5) is 0 Å². The summed E-state index contributed by atoms with van der Waals surface area (Å²) in [5.41, 5.74) is -2.20. The molecule has 105 heavy (non-hydrogen) atoms. The number of rotatable bonds is 60. The number of ether oxygens (including phenoxy) is 12. The van der Waals surface area contributed by atoms with Gasteiger partial charge in [0.1, 0.15) is 45.4 Å². The van der Waals surface area contributed by atoms with E-state index in [0.29, 0.717) is 102 Å². The predicted molar refractivity (Wildman–Crippen MR) is 403 cm³/mol. The zero-order chi connectivity index (χ0) is 77.0. The van der Waals surface area contributed by atoms with Gasteiger partial charge >= 0.3 is 26.2 Å². The van der Waals surface area contributed by atoms with Crippen LogP contribution in [0, 0.1) is 0 Å². The molecule has 4 atom stereocenters. The van der Waals surface area contributed by atoms with Gasteiger partial charge < -0.3 is 97.4 Å². The average Bonchev–Trinajstić information content (AvgIpc) is 0.826. The molecule has 0 aliphatic rings. The van der Waals surface area contributed by atoms with Crippen molar-refractivity contribution < 1.29 is 124 Å².